The molecule has 1 amide bonds. The van der Waals surface area contributed by atoms with Gasteiger partial charge in [0.1, 0.15) is 0 Å². The molecule has 6 heteroatoms. The molecule has 0 aliphatic rings. The van der Waals surface area contributed by atoms with Gasteiger partial charge in [0, 0.05) is 23.3 Å². The van der Waals surface area contributed by atoms with Crippen molar-refractivity contribution >= 4 is 17.3 Å². The summed E-state index contributed by atoms with van der Waals surface area (Å²) in [6, 6.07) is 23.2. The number of amides is 1. The van der Waals surface area contributed by atoms with Crippen LogP contribution in [-0.2, 0) is 0 Å². The van der Waals surface area contributed by atoms with Gasteiger partial charge < -0.3 is 0 Å². The fourth-order valence-corrected chi connectivity index (χ4v) is 2.55. The molecule has 0 radical (unpaired) electrons. The van der Waals surface area contributed by atoms with Gasteiger partial charge in [-0.05, 0) is 30.2 Å². The van der Waals surface area contributed by atoms with Crippen LogP contribution in [0, 0.1) is 10.1 Å². The van der Waals surface area contributed by atoms with Gasteiger partial charge in [0.15, 0.2) is 0 Å². The lowest BCUT2D eigenvalue weighted by Crippen LogP contribution is -2.19. The number of carbonyl (C=O) groups is 1. The van der Waals surface area contributed by atoms with Crippen LogP contribution in [0.15, 0.2) is 84.0 Å². The number of nitro benzene ring substituents is 1. The average molecular weight is 359 g/mol. The fraction of sp³-hybridized carbons (Fsp3) is 0.0476. The highest BCUT2D eigenvalue weighted by Crippen LogP contribution is 2.19. The van der Waals surface area contributed by atoms with Gasteiger partial charge in [-0.25, -0.2) is 5.43 Å². The van der Waals surface area contributed by atoms with E-state index in [4.69, 9.17) is 0 Å². The van der Waals surface area contributed by atoms with Crippen LogP contribution in [0.2, 0.25) is 0 Å². The van der Waals surface area contributed by atoms with Gasteiger partial charge in [0.2, 0.25) is 0 Å². The van der Waals surface area contributed by atoms with Crippen LogP contribution in [0.1, 0.15) is 22.8 Å². The molecule has 0 atom stereocenters. The topological polar surface area (TPSA) is 84.6 Å². The first-order valence-electron chi connectivity index (χ1n) is 8.29. The lowest BCUT2D eigenvalue weighted by atomic mass is 10.0. The molecular formula is C21H17N3O3. The average Bonchev–Trinajstić information content (AvgIpc) is 2.72. The summed E-state index contributed by atoms with van der Waals surface area (Å²) in [7, 11) is 0. The number of hydrazone groups is 1. The van der Waals surface area contributed by atoms with E-state index in [1.807, 2.05) is 42.5 Å². The highest BCUT2D eigenvalue weighted by molar-refractivity contribution is 6.01. The van der Waals surface area contributed by atoms with E-state index in [-0.39, 0.29) is 11.6 Å². The Labute approximate surface area is 156 Å². The molecule has 0 aliphatic carbocycles. The van der Waals surface area contributed by atoms with Crippen molar-refractivity contribution in [3.05, 3.63) is 100 Å². The first-order valence-corrected chi connectivity index (χ1v) is 8.29. The molecule has 0 aliphatic heterocycles. The van der Waals surface area contributed by atoms with Crippen molar-refractivity contribution in [2.24, 2.45) is 5.10 Å². The molecule has 0 unspecified atom stereocenters. The Balaban J connectivity index is 1.71. The second-order valence-electron chi connectivity index (χ2n) is 5.89. The maximum Gasteiger partial charge on any atom is 0.271 e. The molecule has 134 valence electrons. The Hall–Kier alpha value is -3.80. The number of nitrogens with one attached hydrogen (secondary N) is 1. The number of non-ortho nitro benzene ring substituents is 1. The van der Waals surface area contributed by atoms with Crippen LogP contribution in [-0.4, -0.2) is 16.5 Å². The third-order valence-electron chi connectivity index (χ3n) is 4.05. The van der Waals surface area contributed by atoms with Crippen molar-refractivity contribution in [3.8, 4) is 11.1 Å². The largest absolute Gasteiger partial charge is 0.271 e. The normalized spacial score (nSPS) is 11.1. The minimum absolute atomic E-state index is 0.0233. The smallest absolute Gasteiger partial charge is 0.267 e. The number of nitro groups is 1. The van der Waals surface area contributed by atoms with Crippen LogP contribution in [0.25, 0.3) is 11.1 Å². The van der Waals surface area contributed by atoms with Crippen LogP contribution in [0.3, 0.4) is 0 Å². The van der Waals surface area contributed by atoms with Gasteiger partial charge in [-0.2, -0.15) is 5.10 Å². The highest BCUT2D eigenvalue weighted by atomic mass is 16.6. The molecule has 3 aromatic carbocycles. The number of rotatable bonds is 5. The number of carbonyl (C=O) groups excluding carboxylic acids is 1. The molecule has 0 aromatic heterocycles. The lowest BCUT2D eigenvalue weighted by molar-refractivity contribution is -0.384. The summed E-state index contributed by atoms with van der Waals surface area (Å²) in [5, 5.41) is 14.9. The van der Waals surface area contributed by atoms with Crippen molar-refractivity contribution in [1.29, 1.82) is 0 Å². The molecule has 0 fully saturated rings. The quantitative estimate of drug-likeness (QED) is 0.416. The summed E-state index contributed by atoms with van der Waals surface area (Å²) in [6.45, 7) is 1.68. The zero-order chi connectivity index (χ0) is 19.2. The molecule has 27 heavy (non-hydrogen) atoms. The van der Waals surface area contributed by atoms with Gasteiger partial charge in [-0.15, -0.1) is 0 Å². The van der Waals surface area contributed by atoms with Crippen LogP contribution in [0.4, 0.5) is 5.69 Å². The van der Waals surface area contributed by atoms with Crippen molar-refractivity contribution < 1.29 is 9.72 Å². The van der Waals surface area contributed by atoms with Gasteiger partial charge in [0.05, 0.1) is 10.6 Å². The van der Waals surface area contributed by atoms with Crippen LogP contribution >= 0.6 is 0 Å². The van der Waals surface area contributed by atoms with E-state index in [9.17, 15) is 14.9 Å². The second-order valence-corrected chi connectivity index (χ2v) is 5.89. The van der Waals surface area contributed by atoms with Gasteiger partial charge >= 0.3 is 0 Å². The van der Waals surface area contributed by atoms with E-state index in [0.29, 0.717) is 16.8 Å². The first-order chi connectivity index (χ1) is 13.0. The number of hydrogen-bond acceptors (Lipinski definition) is 4. The number of hydrogen-bond donors (Lipinski definition) is 1. The molecule has 0 saturated carbocycles. The van der Waals surface area contributed by atoms with Crippen molar-refractivity contribution in [1.82, 2.24) is 5.43 Å². The van der Waals surface area contributed by atoms with E-state index in [2.05, 4.69) is 10.5 Å². The third kappa shape index (κ3) is 4.43. The zero-order valence-corrected chi connectivity index (χ0v) is 14.6. The Morgan fingerprint density at radius 2 is 1.56 bits per heavy atom. The maximum absolute atomic E-state index is 12.3. The summed E-state index contributed by atoms with van der Waals surface area (Å²) >= 11 is 0. The molecule has 1 N–H and O–H groups in total. The molecule has 0 bridgehead atoms. The Morgan fingerprint density at radius 1 is 0.889 bits per heavy atom. The molecule has 0 spiro atoms. The fourth-order valence-electron chi connectivity index (χ4n) is 2.55. The monoisotopic (exact) mass is 359 g/mol. The van der Waals surface area contributed by atoms with Gasteiger partial charge in [0.25, 0.3) is 11.6 Å². The summed E-state index contributed by atoms with van der Waals surface area (Å²) in [5.74, 6) is -0.348. The first kappa shape index (κ1) is 18.0. The Morgan fingerprint density at radius 3 is 2.22 bits per heavy atom. The van der Waals surface area contributed by atoms with Gasteiger partial charge in [-0.3, -0.25) is 14.9 Å². The predicted octanol–water partition coefficient (Wildman–Crippen LogP) is 4.42. The summed E-state index contributed by atoms with van der Waals surface area (Å²) in [6.07, 6.45) is 0. The van der Waals surface area contributed by atoms with E-state index in [0.717, 1.165) is 11.1 Å². The summed E-state index contributed by atoms with van der Waals surface area (Å²) in [5.41, 5.74) is 6.08. The van der Waals surface area contributed by atoms with E-state index in [1.165, 1.54) is 12.1 Å². The van der Waals surface area contributed by atoms with Crippen LogP contribution < -0.4 is 5.43 Å². The standard InChI is InChI=1S/C21H17N3O3/c1-15(19-8-5-9-20(14-19)24(26)27)22-23-21(25)18-12-10-17(11-13-18)16-6-3-2-4-7-16/h2-14H,1H3,(H,23,25)/b22-15+. The molecule has 3 aromatic rings. The Bertz CT molecular complexity index is 997. The number of nitrogens with zero attached hydrogens (tertiary/aromatic N) is 2. The summed E-state index contributed by atoms with van der Waals surface area (Å²) < 4.78 is 0. The summed E-state index contributed by atoms with van der Waals surface area (Å²) in [4.78, 5) is 22.7. The van der Waals surface area contributed by atoms with Gasteiger partial charge in [-0.1, -0.05) is 54.6 Å². The SMILES string of the molecule is C/C(=N\NC(=O)c1ccc(-c2ccccc2)cc1)c1cccc([N+](=O)[O-])c1. The molecule has 3 rings (SSSR count). The van der Waals surface area contributed by atoms with E-state index < -0.39 is 4.92 Å². The molecular weight excluding hydrogens is 342 g/mol. The number of benzene rings is 3. The van der Waals surface area contributed by atoms with Crippen molar-refractivity contribution in [2.45, 2.75) is 6.92 Å². The minimum Gasteiger partial charge on any atom is -0.267 e. The Kier molecular flexibility index (Phi) is 5.37. The second kappa shape index (κ2) is 8.05. The zero-order valence-electron chi connectivity index (χ0n) is 14.6. The maximum atomic E-state index is 12.3. The molecule has 0 saturated heterocycles. The van der Waals surface area contributed by atoms with Crippen LogP contribution in [0.5, 0.6) is 0 Å². The molecule has 0 heterocycles. The van der Waals surface area contributed by atoms with E-state index in [1.54, 1.807) is 31.2 Å². The van der Waals surface area contributed by atoms with Crippen molar-refractivity contribution in [3.63, 3.8) is 0 Å². The van der Waals surface area contributed by atoms with E-state index >= 15 is 0 Å². The third-order valence-corrected chi connectivity index (χ3v) is 4.05. The van der Waals surface area contributed by atoms with Crippen molar-refractivity contribution in [2.75, 3.05) is 0 Å². The lowest BCUT2D eigenvalue weighted by Gasteiger charge is -2.05. The highest BCUT2D eigenvalue weighted by Gasteiger charge is 2.09. The predicted molar refractivity (Wildman–Crippen MR) is 105 cm³/mol. The molecule has 6 nitrogen and oxygen atoms in total. The minimum atomic E-state index is -0.469.